The van der Waals surface area contributed by atoms with E-state index in [-0.39, 0.29) is 0 Å². The SMILES string of the molecule is CSC1(CNc2c(Cl)cc(F)cc2Cl)CCC1. The molecule has 1 saturated carbocycles. The van der Waals surface area contributed by atoms with Crippen molar-refractivity contribution in [3.63, 3.8) is 0 Å². The molecule has 1 aromatic rings. The quantitative estimate of drug-likeness (QED) is 0.853. The molecule has 94 valence electrons. The minimum absolute atomic E-state index is 0.293. The molecule has 1 N–H and O–H groups in total. The fraction of sp³-hybridized carbons (Fsp3) is 0.500. The molecule has 0 atom stereocenters. The summed E-state index contributed by atoms with van der Waals surface area (Å²) in [4.78, 5) is 0. The third-order valence-electron chi connectivity index (χ3n) is 3.29. The van der Waals surface area contributed by atoms with E-state index >= 15 is 0 Å². The van der Waals surface area contributed by atoms with Gasteiger partial charge in [-0.25, -0.2) is 4.39 Å². The van der Waals surface area contributed by atoms with Gasteiger partial charge in [-0.15, -0.1) is 0 Å². The zero-order valence-electron chi connectivity index (χ0n) is 9.53. The molecular formula is C12H14Cl2FNS. The monoisotopic (exact) mass is 293 g/mol. The van der Waals surface area contributed by atoms with Crippen LogP contribution in [-0.2, 0) is 0 Å². The molecule has 0 spiro atoms. The third-order valence-corrected chi connectivity index (χ3v) is 5.31. The molecule has 1 aliphatic carbocycles. The Balaban J connectivity index is 2.09. The van der Waals surface area contributed by atoms with Crippen molar-refractivity contribution in [3.8, 4) is 0 Å². The van der Waals surface area contributed by atoms with Gasteiger partial charge < -0.3 is 5.32 Å². The maximum Gasteiger partial charge on any atom is 0.126 e. The second-order valence-corrected chi connectivity index (χ2v) is 6.43. The maximum absolute atomic E-state index is 13.0. The van der Waals surface area contributed by atoms with E-state index in [4.69, 9.17) is 23.2 Å². The number of rotatable bonds is 4. The van der Waals surface area contributed by atoms with E-state index in [0.29, 0.717) is 20.5 Å². The summed E-state index contributed by atoms with van der Waals surface area (Å²) >= 11 is 13.8. The summed E-state index contributed by atoms with van der Waals surface area (Å²) in [6.07, 6.45) is 5.80. The number of anilines is 1. The van der Waals surface area contributed by atoms with Crippen LogP contribution in [0.3, 0.4) is 0 Å². The topological polar surface area (TPSA) is 12.0 Å². The van der Waals surface area contributed by atoms with Crippen LogP contribution in [0.2, 0.25) is 10.0 Å². The Morgan fingerprint density at radius 2 is 1.94 bits per heavy atom. The van der Waals surface area contributed by atoms with Crippen molar-refractivity contribution in [2.75, 3.05) is 18.1 Å². The third kappa shape index (κ3) is 2.83. The standard InChI is InChI=1S/C12H14Cl2FNS/c1-17-12(3-2-4-12)7-16-11-9(13)5-8(15)6-10(11)14/h5-6,16H,2-4,7H2,1H3. The average Bonchev–Trinajstić information content (AvgIpc) is 2.19. The van der Waals surface area contributed by atoms with Crippen LogP contribution in [-0.4, -0.2) is 17.5 Å². The van der Waals surface area contributed by atoms with Gasteiger partial charge in [0.05, 0.1) is 15.7 Å². The zero-order valence-corrected chi connectivity index (χ0v) is 11.9. The zero-order chi connectivity index (χ0) is 12.5. The van der Waals surface area contributed by atoms with Gasteiger partial charge >= 0.3 is 0 Å². The first-order chi connectivity index (χ1) is 8.06. The number of hydrogen-bond acceptors (Lipinski definition) is 2. The van der Waals surface area contributed by atoms with Crippen LogP contribution < -0.4 is 5.32 Å². The summed E-state index contributed by atoms with van der Waals surface area (Å²) in [6, 6.07) is 2.56. The Bertz CT molecular complexity index is 392. The van der Waals surface area contributed by atoms with E-state index in [9.17, 15) is 4.39 Å². The molecular weight excluding hydrogens is 280 g/mol. The predicted molar refractivity (Wildman–Crippen MR) is 75.0 cm³/mol. The molecule has 0 aromatic heterocycles. The van der Waals surface area contributed by atoms with Gasteiger partial charge in [0.25, 0.3) is 0 Å². The molecule has 0 unspecified atom stereocenters. The number of nitrogens with one attached hydrogen (secondary N) is 1. The molecule has 1 fully saturated rings. The normalized spacial score (nSPS) is 17.6. The number of benzene rings is 1. The van der Waals surface area contributed by atoms with Crippen LogP contribution in [0, 0.1) is 5.82 Å². The van der Waals surface area contributed by atoms with E-state index in [0.717, 1.165) is 6.54 Å². The molecule has 0 amide bonds. The van der Waals surface area contributed by atoms with Crippen molar-refractivity contribution < 1.29 is 4.39 Å². The van der Waals surface area contributed by atoms with Crippen molar-refractivity contribution in [1.29, 1.82) is 0 Å². The molecule has 5 heteroatoms. The first-order valence-electron chi connectivity index (χ1n) is 5.50. The lowest BCUT2D eigenvalue weighted by molar-refractivity contribution is 0.380. The summed E-state index contributed by atoms with van der Waals surface area (Å²) in [5.41, 5.74) is 0.634. The van der Waals surface area contributed by atoms with E-state index < -0.39 is 5.82 Å². The smallest absolute Gasteiger partial charge is 0.126 e. The molecule has 17 heavy (non-hydrogen) atoms. The highest BCUT2D eigenvalue weighted by molar-refractivity contribution is 8.00. The van der Waals surface area contributed by atoms with Gasteiger partial charge in [-0.3, -0.25) is 0 Å². The van der Waals surface area contributed by atoms with Gasteiger partial charge in [0, 0.05) is 11.3 Å². The molecule has 1 aliphatic rings. The first-order valence-corrected chi connectivity index (χ1v) is 7.48. The van der Waals surface area contributed by atoms with Crippen LogP contribution in [0.4, 0.5) is 10.1 Å². The van der Waals surface area contributed by atoms with Crippen LogP contribution >= 0.6 is 35.0 Å². The van der Waals surface area contributed by atoms with E-state index in [1.54, 1.807) is 0 Å². The fourth-order valence-corrected chi connectivity index (χ4v) is 3.49. The van der Waals surface area contributed by atoms with Crippen molar-refractivity contribution >= 4 is 40.7 Å². The second kappa shape index (κ2) is 5.25. The van der Waals surface area contributed by atoms with Gasteiger partial charge in [-0.05, 0) is 31.2 Å². The minimum Gasteiger partial charge on any atom is -0.381 e. The Kier molecular flexibility index (Phi) is 4.11. The Hall–Kier alpha value is -0.120. The molecule has 0 radical (unpaired) electrons. The van der Waals surface area contributed by atoms with E-state index in [1.807, 2.05) is 11.8 Å². The highest BCUT2D eigenvalue weighted by Crippen LogP contribution is 2.43. The summed E-state index contributed by atoms with van der Waals surface area (Å²) in [5.74, 6) is -0.409. The lowest BCUT2D eigenvalue weighted by Crippen LogP contribution is -2.40. The predicted octanol–water partition coefficient (Wildman–Crippen LogP) is 4.83. The summed E-state index contributed by atoms with van der Waals surface area (Å²) in [7, 11) is 0. The second-order valence-electron chi connectivity index (χ2n) is 4.34. The van der Waals surface area contributed by atoms with Crippen LogP contribution in [0.15, 0.2) is 12.1 Å². The molecule has 0 aliphatic heterocycles. The summed E-state index contributed by atoms with van der Waals surface area (Å²) in [6.45, 7) is 0.819. The lowest BCUT2D eigenvalue weighted by atomic mass is 9.84. The van der Waals surface area contributed by atoms with Crippen molar-refractivity contribution in [2.45, 2.75) is 24.0 Å². The Morgan fingerprint density at radius 3 is 2.35 bits per heavy atom. The van der Waals surface area contributed by atoms with Crippen molar-refractivity contribution in [1.82, 2.24) is 0 Å². The average molecular weight is 294 g/mol. The van der Waals surface area contributed by atoms with Crippen molar-refractivity contribution in [3.05, 3.63) is 28.0 Å². The maximum atomic E-state index is 13.0. The lowest BCUT2D eigenvalue weighted by Gasteiger charge is -2.40. The molecule has 0 saturated heterocycles. The van der Waals surface area contributed by atoms with Crippen LogP contribution in [0.25, 0.3) is 0 Å². The van der Waals surface area contributed by atoms with Crippen LogP contribution in [0.5, 0.6) is 0 Å². The minimum atomic E-state index is -0.409. The van der Waals surface area contributed by atoms with Gasteiger partial charge in [0.1, 0.15) is 5.82 Å². The van der Waals surface area contributed by atoms with E-state index in [2.05, 4.69) is 11.6 Å². The Labute approximate surface area is 115 Å². The van der Waals surface area contributed by atoms with Crippen molar-refractivity contribution in [2.24, 2.45) is 0 Å². The van der Waals surface area contributed by atoms with Gasteiger partial charge in [-0.1, -0.05) is 29.6 Å². The van der Waals surface area contributed by atoms with Gasteiger partial charge in [0.15, 0.2) is 0 Å². The van der Waals surface area contributed by atoms with Gasteiger partial charge in [0.2, 0.25) is 0 Å². The largest absolute Gasteiger partial charge is 0.381 e. The molecule has 0 bridgehead atoms. The summed E-state index contributed by atoms with van der Waals surface area (Å²) in [5, 5.41) is 3.93. The highest BCUT2D eigenvalue weighted by Gasteiger charge is 2.36. The fourth-order valence-electron chi connectivity index (χ4n) is 1.98. The number of thioether (sulfide) groups is 1. The molecule has 1 aromatic carbocycles. The number of hydrogen-bond donors (Lipinski definition) is 1. The summed E-state index contributed by atoms with van der Waals surface area (Å²) < 4.78 is 13.3. The molecule has 2 rings (SSSR count). The van der Waals surface area contributed by atoms with Gasteiger partial charge in [-0.2, -0.15) is 11.8 Å². The molecule has 1 nitrogen and oxygen atoms in total. The van der Waals surface area contributed by atoms with Crippen LogP contribution in [0.1, 0.15) is 19.3 Å². The Morgan fingerprint density at radius 1 is 1.35 bits per heavy atom. The van der Waals surface area contributed by atoms with E-state index in [1.165, 1.54) is 31.4 Å². The molecule has 0 heterocycles. The first kappa shape index (κ1) is 13.3. The number of halogens is 3. The highest BCUT2D eigenvalue weighted by atomic mass is 35.5.